The highest BCUT2D eigenvalue weighted by atomic mass is 16.2. The van der Waals surface area contributed by atoms with Crippen molar-refractivity contribution >= 4 is 5.91 Å². The van der Waals surface area contributed by atoms with Gasteiger partial charge in [0.1, 0.15) is 5.41 Å². The normalized spacial score (nSPS) is 26.6. The molecule has 0 aromatic carbocycles. The third kappa shape index (κ3) is 3.23. The largest absolute Gasteiger partial charge is 0.342 e. The zero-order valence-electron chi connectivity index (χ0n) is 12.1. The average Bonchev–Trinajstić information content (AvgIpc) is 2.29. The maximum absolute atomic E-state index is 12.4. The fourth-order valence-electron chi connectivity index (χ4n) is 2.73. The fraction of sp³-hybridized carbons (Fsp3) is 0.857. The molecule has 1 saturated carbocycles. The van der Waals surface area contributed by atoms with Gasteiger partial charge in [-0.25, -0.2) is 0 Å². The summed E-state index contributed by atoms with van der Waals surface area (Å²) in [6.45, 7) is 6.51. The fourth-order valence-corrected chi connectivity index (χ4v) is 2.73. The molecule has 0 unspecified atom stereocenters. The van der Waals surface area contributed by atoms with Crippen molar-refractivity contribution in [1.29, 1.82) is 5.26 Å². The van der Waals surface area contributed by atoms with Crippen molar-refractivity contribution in [1.82, 2.24) is 9.80 Å². The molecule has 0 N–H and O–H groups in total. The number of hydrogen-bond acceptors (Lipinski definition) is 3. The molecule has 1 rings (SSSR count). The van der Waals surface area contributed by atoms with Crippen LogP contribution in [0.15, 0.2) is 0 Å². The third-order valence-electron chi connectivity index (χ3n) is 3.72. The van der Waals surface area contributed by atoms with Crippen molar-refractivity contribution in [3.63, 3.8) is 0 Å². The minimum Gasteiger partial charge on any atom is -0.342 e. The third-order valence-corrected chi connectivity index (χ3v) is 3.72. The standard InChI is InChI=1S/C14H25N3O/c1-5-17(8-6-7-16(3)4)13(18)14(11-15)9-12(2)10-14/h12H,5-10H2,1-4H3. The van der Waals surface area contributed by atoms with Gasteiger partial charge in [-0.2, -0.15) is 5.26 Å². The Morgan fingerprint density at radius 2 is 2.00 bits per heavy atom. The number of amides is 1. The first-order valence-corrected chi connectivity index (χ1v) is 6.80. The van der Waals surface area contributed by atoms with Gasteiger partial charge < -0.3 is 9.80 Å². The van der Waals surface area contributed by atoms with Crippen molar-refractivity contribution in [3.05, 3.63) is 0 Å². The molecule has 1 amide bonds. The molecule has 1 aliphatic rings. The van der Waals surface area contributed by atoms with Gasteiger partial charge in [0.25, 0.3) is 0 Å². The second-order valence-electron chi connectivity index (χ2n) is 5.75. The van der Waals surface area contributed by atoms with Crippen LogP contribution in [0.3, 0.4) is 0 Å². The van der Waals surface area contributed by atoms with Crippen LogP contribution in [-0.2, 0) is 4.79 Å². The Hall–Kier alpha value is -1.08. The van der Waals surface area contributed by atoms with Gasteiger partial charge in [0.05, 0.1) is 6.07 Å². The molecule has 0 radical (unpaired) electrons. The lowest BCUT2D eigenvalue weighted by atomic mass is 9.62. The summed E-state index contributed by atoms with van der Waals surface area (Å²) in [6.07, 6.45) is 2.42. The summed E-state index contributed by atoms with van der Waals surface area (Å²) in [5, 5.41) is 9.28. The smallest absolute Gasteiger partial charge is 0.243 e. The molecule has 4 nitrogen and oxygen atoms in total. The van der Waals surface area contributed by atoms with E-state index in [0.717, 1.165) is 32.4 Å². The quantitative estimate of drug-likeness (QED) is 0.722. The van der Waals surface area contributed by atoms with Crippen LogP contribution in [0.1, 0.15) is 33.1 Å². The first-order chi connectivity index (χ1) is 8.45. The average molecular weight is 251 g/mol. The molecule has 0 atom stereocenters. The van der Waals surface area contributed by atoms with Gasteiger partial charge in [0, 0.05) is 13.1 Å². The molecule has 0 bridgehead atoms. The Morgan fingerprint density at radius 1 is 1.39 bits per heavy atom. The Morgan fingerprint density at radius 3 is 2.39 bits per heavy atom. The van der Waals surface area contributed by atoms with E-state index in [9.17, 15) is 10.1 Å². The maximum atomic E-state index is 12.4. The van der Waals surface area contributed by atoms with Gasteiger partial charge in [-0.05, 0) is 52.7 Å². The van der Waals surface area contributed by atoms with E-state index < -0.39 is 5.41 Å². The SMILES string of the molecule is CCN(CCCN(C)C)C(=O)C1(C#N)CC(C)C1. The number of hydrogen-bond donors (Lipinski definition) is 0. The molecular formula is C14H25N3O. The Kier molecular flexibility index (Phi) is 5.15. The molecular weight excluding hydrogens is 226 g/mol. The minimum atomic E-state index is -0.715. The van der Waals surface area contributed by atoms with Gasteiger partial charge in [-0.15, -0.1) is 0 Å². The van der Waals surface area contributed by atoms with Crippen molar-refractivity contribution < 1.29 is 4.79 Å². The summed E-state index contributed by atoms with van der Waals surface area (Å²) < 4.78 is 0. The van der Waals surface area contributed by atoms with Crippen LogP contribution in [0, 0.1) is 22.7 Å². The van der Waals surface area contributed by atoms with Crippen LogP contribution in [-0.4, -0.2) is 49.4 Å². The van der Waals surface area contributed by atoms with Gasteiger partial charge in [-0.3, -0.25) is 4.79 Å². The topological polar surface area (TPSA) is 47.3 Å². The molecule has 0 aromatic rings. The lowest BCUT2D eigenvalue weighted by molar-refractivity contribution is -0.145. The Bertz CT molecular complexity index is 326. The minimum absolute atomic E-state index is 0.0457. The Labute approximate surface area is 111 Å². The summed E-state index contributed by atoms with van der Waals surface area (Å²) in [7, 11) is 4.06. The summed E-state index contributed by atoms with van der Waals surface area (Å²) in [4.78, 5) is 16.4. The highest BCUT2D eigenvalue weighted by Gasteiger charge is 2.50. The van der Waals surface area contributed by atoms with Crippen LogP contribution in [0.2, 0.25) is 0 Å². The highest BCUT2D eigenvalue weighted by molar-refractivity contribution is 5.86. The predicted octanol–water partition coefficient (Wildman–Crippen LogP) is 1.73. The summed E-state index contributed by atoms with van der Waals surface area (Å²) in [5.74, 6) is 0.554. The number of carbonyl (C=O) groups is 1. The monoisotopic (exact) mass is 251 g/mol. The van der Waals surface area contributed by atoms with Crippen LogP contribution in [0.25, 0.3) is 0 Å². The van der Waals surface area contributed by atoms with Gasteiger partial charge in [0.15, 0.2) is 0 Å². The second-order valence-corrected chi connectivity index (χ2v) is 5.75. The van der Waals surface area contributed by atoms with Crippen molar-refractivity contribution in [2.45, 2.75) is 33.1 Å². The first-order valence-electron chi connectivity index (χ1n) is 6.80. The lowest BCUT2D eigenvalue weighted by Crippen LogP contribution is -2.50. The number of nitriles is 1. The number of rotatable bonds is 6. The number of carbonyl (C=O) groups excluding carboxylic acids is 1. The second kappa shape index (κ2) is 6.19. The maximum Gasteiger partial charge on any atom is 0.243 e. The first kappa shape index (κ1) is 15.0. The van der Waals surface area contributed by atoms with Crippen molar-refractivity contribution in [3.8, 4) is 6.07 Å². The lowest BCUT2D eigenvalue weighted by Gasteiger charge is -2.42. The van der Waals surface area contributed by atoms with Crippen molar-refractivity contribution in [2.24, 2.45) is 11.3 Å². The molecule has 0 aromatic heterocycles. The molecule has 18 heavy (non-hydrogen) atoms. The highest BCUT2D eigenvalue weighted by Crippen LogP contribution is 2.46. The zero-order valence-corrected chi connectivity index (χ0v) is 12.1. The van der Waals surface area contributed by atoms with Crippen LogP contribution < -0.4 is 0 Å². The molecule has 4 heteroatoms. The summed E-state index contributed by atoms with van der Waals surface area (Å²) >= 11 is 0. The van der Waals surface area contributed by atoms with Gasteiger partial charge >= 0.3 is 0 Å². The van der Waals surface area contributed by atoms with E-state index >= 15 is 0 Å². The Balaban J connectivity index is 2.54. The molecule has 0 saturated heterocycles. The van der Waals surface area contributed by atoms with E-state index in [1.165, 1.54) is 0 Å². The van der Waals surface area contributed by atoms with Crippen molar-refractivity contribution in [2.75, 3.05) is 33.7 Å². The molecule has 0 aliphatic heterocycles. The van der Waals surface area contributed by atoms with E-state index in [2.05, 4.69) is 17.9 Å². The van der Waals surface area contributed by atoms with Crippen LogP contribution in [0.5, 0.6) is 0 Å². The molecule has 1 fully saturated rings. The van der Waals surface area contributed by atoms with Gasteiger partial charge in [-0.1, -0.05) is 6.92 Å². The van der Waals surface area contributed by atoms with Gasteiger partial charge in [0.2, 0.25) is 5.91 Å². The summed E-state index contributed by atoms with van der Waals surface area (Å²) in [5.41, 5.74) is -0.715. The van der Waals surface area contributed by atoms with E-state index in [-0.39, 0.29) is 5.91 Å². The van der Waals surface area contributed by atoms with E-state index in [4.69, 9.17) is 0 Å². The molecule has 0 spiro atoms. The van der Waals surface area contributed by atoms with Crippen LogP contribution in [0.4, 0.5) is 0 Å². The van der Waals surface area contributed by atoms with Crippen LogP contribution >= 0.6 is 0 Å². The van der Waals surface area contributed by atoms with E-state index in [1.807, 2.05) is 25.9 Å². The molecule has 102 valence electrons. The predicted molar refractivity (Wildman–Crippen MR) is 71.9 cm³/mol. The molecule has 0 heterocycles. The molecule has 1 aliphatic carbocycles. The summed E-state index contributed by atoms with van der Waals surface area (Å²) in [6, 6.07) is 2.26. The van der Waals surface area contributed by atoms with E-state index in [1.54, 1.807) is 0 Å². The van der Waals surface area contributed by atoms with E-state index in [0.29, 0.717) is 12.5 Å². The zero-order chi connectivity index (χ0) is 13.8. The number of nitrogens with zero attached hydrogens (tertiary/aromatic N) is 3.